The van der Waals surface area contributed by atoms with Gasteiger partial charge in [0.25, 0.3) is 0 Å². The lowest BCUT2D eigenvalue weighted by Gasteiger charge is -2.20. The number of halogens is 1. The lowest BCUT2D eigenvalue weighted by molar-refractivity contribution is -0.121. The molecule has 0 bridgehead atoms. The van der Waals surface area contributed by atoms with E-state index in [4.69, 9.17) is 11.6 Å². The number of carbonyl (C=O) groups is 1. The Kier molecular flexibility index (Phi) is 6.43. The van der Waals surface area contributed by atoms with E-state index in [9.17, 15) is 4.79 Å². The highest BCUT2D eigenvalue weighted by atomic mass is 35.5. The molecule has 2 unspecified atom stereocenters. The molecule has 0 spiro atoms. The molecule has 4 heteroatoms. The first-order valence-electron chi connectivity index (χ1n) is 10.8. The van der Waals surface area contributed by atoms with E-state index in [0.717, 1.165) is 34.0 Å². The number of carbonyl (C=O) groups excluding carboxylic acids is 1. The Balaban J connectivity index is 1.68. The van der Waals surface area contributed by atoms with Gasteiger partial charge in [-0.05, 0) is 41.7 Å². The maximum atomic E-state index is 13.1. The number of hydrogen-bond donors (Lipinski definition) is 2. The topological polar surface area (TPSA) is 44.9 Å². The highest BCUT2D eigenvalue weighted by Crippen LogP contribution is 2.37. The fraction of sp³-hybridized carbons (Fsp3) is 0.222. The van der Waals surface area contributed by atoms with Crippen molar-refractivity contribution in [2.24, 2.45) is 0 Å². The van der Waals surface area contributed by atoms with Crippen molar-refractivity contribution in [2.45, 2.75) is 38.6 Å². The van der Waals surface area contributed by atoms with Crippen LogP contribution in [0.25, 0.3) is 10.9 Å². The summed E-state index contributed by atoms with van der Waals surface area (Å²) in [5.41, 5.74) is 5.55. The number of amides is 1. The van der Waals surface area contributed by atoms with Crippen molar-refractivity contribution in [3.05, 3.63) is 106 Å². The Labute approximate surface area is 188 Å². The summed E-state index contributed by atoms with van der Waals surface area (Å²) < 4.78 is 0. The van der Waals surface area contributed by atoms with E-state index in [1.54, 1.807) is 0 Å². The highest BCUT2D eigenvalue weighted by Gasteiger charge is 2.24. The zero-order valence-corrected chi connectivity index (χ0v) is 18.6. The summed E-state index contributed by atoms with van der Waals surface area (Å²) in [6.45, 7) is 4.16. The molecule has 0 aliphatic heterocycles. The SMILES string of the molecule is CCc1cccc2c(C(CC(=O)NC(C)c3ccccc3)c3ccccc3Cl)c[nH]c12. The zero-order chi connectivity index (χ0) is 21.8. The molecule has 31 heavy (non-hydrogen) atoms. The minimum atomic E-state index is -0.141. The summed E-state index contributed by atoms with van der Waals surface area (Å²) >= 11 is 6.59. The third-order valence-electron chi connectivity index (χ3n) is 5.94. The molecule has 1 aromatic heterocycles. The van der Waals surface area contributed by atoms with E-state index >= 15 is 0 Å². The molecule has 0 fully saturated rings. The van der Waals surface area contributed by atoms with E-state index in [2.05, 4.69) is 35.4 Å². The molecule has 2 N–H and O–H groups in total. The summed E-state index contributed by atoms with van der Waals surface area (Å²) in [6, 6.07) is 24.1. The number of fused-ring (bicyclic) bond motifs is 1. The quantitative estimate of drug-likeness (QED) is 0.333. The number of aryl methyl sites for hydroxylation is 1. The van der Waals surface area contributed by atoms with Crippen LogP contribution < -0.4 is 5.32 Å². The first kappa shape index (κ1) is 21.2. The molecule has 0 radical (unpaired) electrons. The van der Waals surface area contributed by atoms with Gasteiger partial charge in [0, 0.05) is 34.5 Å². The summed E-state index contributed by atoms with van der Waals surface area (Å²) in [7, 11) is 0. The second-order valence-electron chi connectivity index (χ2n) is 7.92. The first-order valence-corrected chi connectivity index (χ1v) is 11.1. The van der Waals surface area contributed by atoms with Gasteiger partial charge in [-0.1, -0.05) is 85.3 Å². The molecule has 4 aromatic rings. The van der Waals surface area contributed by atoms with Crippen molar-refractivity contribution in [1.82, 2.24) is 10.3 Å². The summed E-state index contributed by atoms with van der Waals surface area (Å²) in [5, 5.41) is 4.98. The molecule has 3 nitrogen and oxygen atoms in total. The van der Waals surface area contributed by atoms with E-state index in [1.165, 1.54) is 5.56 Å². The minimum absolute atomic E-state index is 0.00210. The van der Waals surface area contributed by atoms with Crippen molar-refractivity contribution in [2.75, 3.05) is 0 Å². The molecular formula is C27H27ClN2O. The van der Waals surface area contributed by atoms with Crippen LogP contribution in [-0.4, -0.2) is 10.9 Å². The largest absolute Gasteiger partial charge is 0.361 e. The molecule has 1 heterocycles. The lowest BCUT2D eigenvalue weighted by atomic mass is 9.87. The number of hydrogen-bond acceptors (Lipinski definition) is 1. The second-order valence-corrected chi connectivity index (χ2v) is 8.32. The molecule has 158 valence electrons. The molecular weight excluding hydrogens is 404 g/mol. The number of aromatic amines is 1. The minimum Gasteiger partial charge on any atom is -0.361 e. The van der Waals surface area contributed by atoms with Crippen LogP contribution in [0.3, 0.4) is 0 Å². The Morgan fingerprint density at radius 1 is 0.968 bits per heavy atom. The van der Waals surface area contributed by atoms with Crippen LogP contribution >= 0.6 is 11.6 Å². The Bertz CT molecular complexity index is 1180. The monoisotopic (exact) mass is 430 g/mol. The number of aromatic nitrogens is 1. The Hall–Kier alpha value is -3.04. The molecule has 0 aliphatic carbocycles. The Morgan fingerprint density at radius 2 is 1.71 bits per heavy atom. The standard InChI is InChI=1S/C27H27ClN2O/c1-3-19-12-9-14-22-24(17-29-27(19)22)23(21-13-7-8-15-25(21)28)16-26(31)30-18(2)20-10-5-4-6-11-20/h4-15,17-18,23,29H,3,16H2,1-2H3,(H,30,31). The van der Waals surface area contributed by atoms with Crippen molar-refractivity contribution in [3.63, 3.8) is 0 Å². The average molecular weight is 431 g/mol. The van der Waals surface area contributed by atoms with Gasteiger partial charge in [-0.2, -0.15) is 0 Å². The van der Waals surface area contributed by atoms with Crippen LogP contribution in [-0.2, 0) is 11.2 Å². The maximum Gasteiger partial charge on any atom is 0.221 e. The number of nitrogens with one attached hydrogen (secondary N) is 2. The average Bonchev–Trinajstić information content (AvgIpc) is 3.22. The van der Waals surface area contributed by atoms with Crippen molar-refractivity contribution < 1.29 is 4.79 Å². The second kappa shape index (κ2) is 9.40. The fourth-order valence-electron chi connectivity index (χ4n) is 4.28. The predicted octanol–water partition coefficient (Wildman–Crippen LogP) is 6.78. The van der Waals surface area contributed by atoms with Gasteiger partial charge in [0.15, 0.2) is 0 Å². The molecule has 1 amide bonds. The van der Waals surface area contributed by atoms with Crippen molar-refractivity contribution >= 4 is 28.4 Å². The van der Waals surface area contributed by atoms with Crippen LogP contribution in [0.2, 0.25) is 5.02 Å². The van der Waals surface area contributed by atoms with Gasteiger partial charge < -0.3 is 10.3 Å². The van der Waals surface area contributed by atoms with E-state index < -0.39 is 0 Å². The van der Waals surface area contributed by atoms with Crippen LogP contribution in [0.15, 0.2) is 79.0 Å². The third-order valence-corrected chi connectivity index (χ3v) is 6.28. The van der Waals surface area contributed by atoms with Gasteiger partial charge in [0.1, 0.15) is 0 Å². The molecule has 2 atom stereocenters. The summed E-state index contributed by atoms with van der Waals surface area (Å²) in [5.74, 6) is -0.139. The number of H-pyrrole nitrogens is 1. The summed E-state index contributed by atoms with van der Waals surface area (Å²) in [6.07, 6.45) is 3.30. The first-order chi connectivity index (χ1) is 15.1. The number of para-hydroxylation sites is 1. The van der Waals surface area contributed by atoms with Crippen LogP contribution in [0.4, 0.5) is 0 Å². The number of benzene rings is 3. The van der Waals surface area contributed by atoms with E-state index in [0.29, 0.717) is 11.4 Å². The lowest BCUT2D eigenvalue weighted by Crippen LogP contribution is -2.28. The summed E-state index contributed by atoms with van der Waals surface area (Å²) in [4.78, 5) is 16.6. The third kappa shape index (κ3) is 4.52. The van der Waals surface area contributed by atoms with Gasteiger partial charge in [-0.25, -0.2) is 0 Å². The van der Waals surface area contributed by atoms with Crippen LogP contribution in [0.5, 0.6) is 0 Å². The predicted molar refractivity (Wildman–Crippen MR) is 129 cm³/mol. The molecule has 0 saturated heterocycles. The molecule has 0 saturated carbocycles. The molecule has 0 aliphatic rings. The van der Waals surface area contributed by atoms with Gasteiger partial charge >= 0.3 is 0 Å². The van der Waals surface area contributed by atoms with Gasteiger partial charge in [-0.15, -0.1) is 0 Å². The van der Waals surface area contributed by atoms with Gasteiger partial charge in [-0.3, -0.25) is 4.79 Å². The van der Waals surface area contributed by atoms with Crippen LogP contribution in [0.1, 0.15) is 54.5 Å². The smallest absolute Gasteiger partial charge is 0.221 e. The number of rotatable bonds is 7. The van der Waals surface area contributed by atoms with Crippen molar-refractivity contribution in [1.29, 1.82) is 0 Å². The molecule has 4 rings (SSSR count). The normalized spacial score (nSPS) is 13.1. The fourth-order valence-corrected chi connectivity index (χ4v) is 4.55. The van der Waals surface area contributed by atoms with E-state index in [1.807, 2.05) is 67.7 Å². The Morgan fingerprint density at radius 3 is 2.45 bits per heavy atom. The zero-order valence-electron chi connectivity index (χ0n) is 17.9. The maximum absolute atomic E-state index is 13.1. The van der Waals surface area contributed by atoms with Crippen molar-refractivity contribution in [3.8, 4) is 0 Å². The molecule has 3 aromatic carbocycles. The van der Waals surface area contributed by atoms with Crippen LogP contribution in [0, 0.1) is 0 Å². The highest BCUT2D eigenvalue weighted by molar-refractivity contribution is 6.31. The van der Waals surface area contributed by atoms with Gasteiger partial charge in [0.2, 0.25) is 5.91 Å². The van der Waals surface area contributed by atoms with Gasteiger partial charge in [0.05, 0.1) is 6.04 Å². The van der Waals surface area contributed by atoms with E-state index in [-0.39, 0.29) is 17.9 Å².